The quantitative estimate of drug-likeness (QED) is 0.869. The first kappa shape index (κ1) is 18.0. The van der Waals surface area contributed by atoms with Crippen molar-refractivity contribution in [2.75, 3.05) is 18.4 Å². The number of rotatable bonds is 6. The molecule has 1 heterocycles. The average Bonchev–Trinajstić information content (AvgIpc) is 3.07. The highest BCUT2D eigenvalue weighted by Gasteiger charge is 2.32. The Morgan fingerprint density at radius 1 is 1.15 bits per heavy atom. The van der Waals surface area contributed by atoms with Gasteiger partial charge in [0.15, 0.2) is 6.10 Å². The fourth-order valence-corrected chi connectivity index (χ4v) is 3.14. The Labute approximate surface area is 154 Å². The van der Waals surface area contributed by atoms with Crippen molar-refractivity contribution in [2.45, 2.75) is 32.8 Å². The van der Waals surface area contributed by atoms with Crippen LogP contribution < -0.4 is 10.1 Å². The molecule has 5 nitrogen and oxygen atoms in total. The summed E-state index contributed by atoms with van der Waals surface area (Å²) in [7, 11) is 0. The van der Waals surface area contributed by atoms with Crippen molar-refractivity contribution in [1.82, 2.24) is 4.90 Å². The third-order valence-corrected chi connectivity index (χ3v) is 4.48. The molecule has 1 N–H and O–H groups in total. The molecule has 2 aromatic rings. The van der Waals surface area contributed by atoms with E-state index in [9.17, 15) is 9.59 Å². The normalized spacial score (nSPS) is 15.1. The van der Waals surface area contributed by atoms with Crippen molar-refractivity contribution in [3.05, 3.63) is 59.7 Å². The van der Waals surface area contributed by atoms with E-state index < -0.39 is 6.10 Å². The van der Waals surface area contributed by atoms with Gasteiger partial charge >= 0.3 is 0 Å². The lowest BCUT2D eigenvalue weighted by molar-refractivity contribution is -0.140. The van der Waals surface area contributed by atoms with Crippen molar-refractivity contribution >= 4 is 17.5 Å². The summed E-state index contributed by atoms with van der Waals surface area (Å²) < 4.78 is 5.79. The highest BCUT2D eigenvalue weighted by molar-refractivity contribution is 5.95. The van der Waals surface area contributed by atoms with E-state index in [1.165, 1.54) is 0 Å². The van der Waals surface area contributed by atoms with Gasteiger partial charge in [-0.2, -0.15) is 0 Å². The molecule has 1 unspecified atom stereocenters. The maximum atomic E-state index is 12.9. The molecule has 0 fully saturated rings. The molecular formula is C21H24N2O3. The molecule has 1 atom stereocenters. The zero-order valence-corrected chi connectivity index (χ0v) is 15.2. The van der Waals surface area contributed by atoms with Gasteiger partial charge in [-0.25, -0.2) is 0 Å². The van der Waals surface area contributed by atoms with E-state index >= 15 is 0 Å². The van der Waals surface area contributed by atoms with Gasteiger partial charge in [-0.3, -0.25) is 9.59 Å². The molecule has 0 bridgehead atoms. The fraction of sp³-hybridized carbons (Fsp3) is 0.333. The van der Waals surface area contributed by atoms with Crippen LogP contribution in [0.3, 0.4) is 0 Å². The second kappa shape index (κ2) is 8.04. The van der Waals surface area contributed by atoms with Crippen LogP contribution in [-0.2, 0) is 16.0 Å². The molecule has 0 saturated carbocycles. The zero-order valence-electron chi connectivity index (χ0n) is 15.2. The Bertz CT molecular complexity index is 778. The third kappa shape index (κ3) is 4.04. The predicted molar refractivity (Wildman–Crippen MR) is 101 cm³/mol. The lowest BCUT2D eigenvalue weighted by Crippen LogP contribution is -2.45. The summed E-state index contributed by atoms with van der Waals surface area (Å²) in [6.07, 6.45) is 0.780. The molecule has 5 heteroatoms. The molecule has 0 aliphatic carbocycles. The van der Waals surface area contributed by atoms with E-state index in [0.29, 0.717) is 13.0 Å². The van der Waals surface area contributed by atoms with Crippen LogP contribution in [0.1, 0.15) is 24.5 Å². The molecule has 136 valence electrons. The number of benzene rings is 2. The molecule has 2 amide bonds. The van der Waals surface area contributed by atoms with Gasteiger partial charge in [0.1, 0.15) is 5.75 Å². The van der Waals surface area contributed by atoms with Gasteiger partial charge in [-0.05, 0) is 36.6 Å². The summed E-state index contributed by atoms with van der Waals surface area (Å²) in [5, 5.41) is 2.89. The lowest BCUT2D eigenvalue weighted by Gasteiger charge is -2.24. The molecule has 2 aromatic carbocycles. The summed E-state index contributed by atoms with van der Waals surface area (Å²) in [5.74, 6) is 0.422. The molecule has 1 aliphatic heterocycles. The molecule has 3 rings (SSSR count). The first-order valence-electron chi connectivity index (χ1n) is 8.97. The van der Waals surface area contributed by atoms with Gasteiger partial charge in [-0.15, -0.1) is 0 Å². The number of ether oxygens (including phenoxy) is 1. The third-order valence-electron chi connectivity index (χ3n) is 4.48. The Morgan fingerprint density at radius 3 is 2.62 bits per heavy atom. The standard InChI is InChI=1S/C21H24N2O3/c1-3-12-23(14-20(24)22-17-10-6-4-8-15(17)2)21(25)19-13-16-9-5-7-11-18(16)26-19/h4-11,19H,3,12-14H2,1-2H3,(H,22,24). The SMILES string of the molecule is CCCN(CC(=O)Nc1ccccc1C)C(=O)C1Cc2ccccc2O1. The number of hydrogen-bond donors (Lipinski definition) is 1. The minimum absolute atomic E-state index is 0.0250. The van der Waals surface area contributed by atoms with E-state index in [2.05, 4.69) is 5.32 Å². The van der Waals surface area contributed by atoms with Crippen LogP contribution in [0.15, 0.2) is 48.5 Å². The van der Waals surface area contributed by atoms with Crippen molar-refractivity contribution in [1.29, 1.82) is 0 Å². The largest absolute Gasteiger partial charge is 0.480 e. The summed E-state index contributed by atoms with van der Waals surface area (Å²) in [6, 6.07) is 15.3. The number of nitrogens with one attached hydrogen (secondary N) is 1. The van der Waals surface area contributed by atoms with Crippen LogP contribution in [0.4, 0.5) is 5.69 Å². The summed E-state index contributed by atoms with van der Waals surface area (Å²) in [5.41, 5.74) is 2.79. The van der Waals surface area contributed by atoms with Gasteiger partial charge in [0.05, 0.1) is 6.54 Å². The topological polar surface area (TPSA) is 58.6 Å². The second-order valence-corrected chi connectivity index (χ2v) is 6.54. The Kier molecular flexibility index (Phi) is 5.56. The minimum atomic E-state index is -0.551. The van der Waals surface area contributed by atoms with Crippen molar-refractivity contribution < 1.29 is 14.3 Å². The van der Waals surface area contributed by atoms with Gasteiger partial charge in [0, 0.05) is 18.7 Å². The van der Waals surface area contributed by atoms with Crippen LogP contribution in [0.25, 0.3) is 0 Å². The van der Waals surface area contributed by atoms with Crippen LogP contribution in [-0.4, -0.2) is 35.9 Å². The van der Waals surface area contributed by atoms with Gasteiger partial charge in [0.2, 0.25) is 5.91 Å². The minimum Gasteiger partial charge on any atom is -0.480 e. The molecule has 0 radical (unpaired) electrons. The number of hydrogen-bond acceptors (Lipinski definition) is 3. The highest BCUT2D eigenvalue weighted by Crippen LogP contribution is 2.29. The summed E-state index contributed by atoms with van der Waals surface area (Å²) >= 11 is 0. The Morgan fingerprint density at radius 2 is 1.88 bits per heavy atom. The number of nitrogens with zero attached hydrogens (tertiary/aromatic N) is 1. The van der Waals surface area contributed by atoms with E-state index in [1.807, 2.05) is 62.4 Å². The number of anilines is 1. The first-order valence-corrected chi connectivity index (χ1v) is 8.97. The van der Waals surface area contributed by atoms with E-state index in [1.54, 1.807) is 4.90 Å². The number of fused-ring (bicyclic) bond motifs is 1. The number of carbonyl (C=O) groups excluding carboxylic acids is 2. The fourth-order valence-electron chi connectivity index (χ4n) is 3.14. The van der Waals surface area contributed by atoms with Crippen LogP contribution in [0.5, 0.6) is 5.75 Å². The van der Waals surface area contributed by atoms with Crippen LogP contribution in [0, 0.1) is 6.92 Å². The highest BCUT2D eigenvalue weighted by atomic mass is 16.5. The van der Waals surface area contributed by atoms with E-state index in [4.69, 9.17) is 4.74 Å². The van der Waals surface area contributed by atoms with Crippen molar-refractivity contribution in [3.63, 3.8) is 0 Å². The number of amides is 2. The number of aryl methyl sites for hydroxylation is 1. The second-order valence-electron chi connectivity index (χ2n) is 6.54. The maximum Gasteiger partial charge on any atom is 0.264 e. The molecule has 1 aliphatic rings. The predicted octanol–water partition coefficient (Wildman–Crippen LogP) is 3.18. The zero-order chi connectivity index (χ0) is 18.5. The average molecular weight is 352 g/mol. The Balaban J connectivity index is 1.64. The van der Waals surface area contributed by atoms with Gasteiger partial charge in [0.25, 0.3) is 5.91 Å². The molecule has 0 spiro atoms. The van der Waals surface area contributed by atoms with Crippen LogP contribution in [0.2, 0.25) is 0 Å². The van der Waals surface area contributed by atoms with Crippen molar-refractivity contribution in [3.8, 4) is 5.75 Å². The first-order chi connectivity index (χ1) is 12.6. The maximum absolute atomic E-state index is 12.9. The number of carbonyl (C=O) groups is 2. The van der Waals surface area contributed by atoms with Crippen LogP contribution >= 0.6 is 0 Å². The van der Waals surface area contributed by atoms with E-state index in [0.717, 1.165) is 29.0 Å². The molecular weight excluding hydrogens is 328 g/mol. The Hall–Kier alpha value is -2.82. The number of para-hydroxylation sites is 2. The summed E-state index contributed by atoms with van der Waals surface area (Å²) in [6.45, 7) is 4.48. The van der Waals surface area contributed by atoms with Gasteiger partial charge < -0.3 is 15.0 Å². The lowest BCUT2D eigenvalue weighted by atomic mass is 10.1. The van der Waals surface area contributed by atoms with Crippen molar-refractivity contribution in [2.24, 2.45) is 0 Å². The molecule has 0 saturated heterocycles. The smallest absolute Gasteiger partial charge is 0.264 e. The van der Waals surface area contributed by atoms with E-state index in [-0.39, 0.29) is 18.4 Å². The van der Waals surface area contributed by atoms with Gasteiger partial charge in [-0.1, -0.05) is 43.3 Å². The molecule has 0 aromatic heterocycles. The summed E-state index contributed by atoms with van der Waals surface area (Å²) in [4.78, 5) is 26.9. The molecule has 26 heavy (non-hydrogen) atoms. The monoisotopic (exact) mass is 352 g/mol.